The van der Waals surface area contributed by atoms with Crippen LogP contribution in [0.3, 0.4) is 0 Å². The molecule has 6 nitrogen and oxygen atoms in total. The fourth-order valence-electron chi connectivity index (χ4n) is 3.82. The third-order valence-electron chi connectivity index (χ3n) is 5.22. The lowest BCUT2D eigenvalue weighted by atomic mass is 10.0. The summed E-state index contributed by atoms with van der Waals surface area (Å²) in [5, 5.41) is 9.20. The molecule has 1 amide bonds. The van der Waals surface area contributed by atoms with Gasteiger partial charge in [-0.15, -0.1) is 5.10 Å². The number of piperidine rings is 1. The summed E-state index contributed by atoms with van der Waals surface area (Å²) in [6.07, 6.45) is 9.02. The van der Waals surface area contributed by atoms with E-state index in [0.29, 0.717) is 12.5 Å². The van der Waals surface area contributed by atoms with Gasteiger partial charge in [0.1, 0.15) is 0 Å². The molecule has 1 saturated heterocycles. The Balaban J connectivity index is 1.35. The van der Waals surface area contributed by atoms with Crippen LogP contribution in [-0.4, -0.2) is 43.5 Å². The second kappa shape index (κ2) is 6.70. The lowest BCUT2D eigenvalue weighted by molar-refractivity contribution is -0.132. The average molecular weight is 337 g/mol. The number of amides is 1. The Bertz CT molecular complexity index is 859. The molecule has 25 heavy (non-hydrogen) atoms. The van der Waals surface area contributed by atoms with Gasteiger partial charge in [0.2, 0.25) is 5.91 Å². The number of aromatic nitrogens is 4. The first kappa shape index (κ1) is 15.9. The van der Waals surface area contributed by atoms with E-state index in [-0.39, 0.29) is 5.91 Å². The number of hydrogen-bond acceptors (Lipinski definition) is 3. The largest absolute Gasteiger partial charge is 0.350 e. The van der Waals surface area contributed by atoms with Gasteiger partial charge in [-0.05, 0) is 30.9 Å². The highest BCUT2D eigenvalue weighted by molar-refractivity contribution is 5.85. The second-order valence-electron chi connectivity index (χ2n) is 6.78. The van der Waals surface area contributed by atoms with Crippen LogP contribution in [0.1, 0.15) is 30.9 Å². The first-order valence-electron chi connectivity index (χ1n) is 8.89. The molecule has 0 spiro atoms. The third-order valence-corrected chi connectivity index (χ3v) is 5.22. The molecule has 2 aromatic heterocycles. The van der Waals surface area contributed by atoms with Crippen molar-refractivity contribution >= 4 is 16.8 Å². The van der Waals surface area contributed by atoms with Crippen molar-refractivity contribution in [3.63, 3.8) is 0 Å². The highest BCUT2D eigenvalue weighted by Crippen LogP contribution is 2.24. The van der Waals surface area contributed by atoms with Crippen LogP contribution in [-0.2, 0) is 18.3 Å². The molecular weight excluding hydrogens is 314 g/mol. The highest BCUT2D eigenvalue weighted by Gasteiger charge is 2.24. The molecule has 6 heteroatoms. The first-order valence-corrected chi connectivity index (χ1v) is 8.89. The Morgan fingerprint density at radius 2 is 2.04 bits per heavy atom. The fraction of sp³-hybridized carbons (Fsp3) is 0.421. The molecule has 3 aromatic rings. The fourth-order valence-corrected chi connectivity index (χ4v) is 3.82. The minimum atomic E-state index is 0.255. The van der Waals surface area contributed by atoms with E-state index < -0.39 is 0 Å². The molecule has 0 bridgehead atoms. The molecule has 130 valence electrons. The maximum absolute atomic E-state index is 12.6. The summed E-state index contributed by atoms with van der Waals surface area (Å²) in [5.74, 6) is 0.255. The van der Waals surface area contributed by atoms with E-state index in [1.54, 1.807) is 6.20 Å². The lowest BCUT2D eigenvalue weighted by Gasteiger charge is -2.31. The zero-order valence-electron chi connectivity index (χ0n) is 14.5. The summed E-state index contributed by atoms with van der Waals surface area (Å²) < 4.78 is 4.05. The highest BCUT2D eigenvalue weighted by atomic mass is 16.2. The number of fused-ring (bicyclic) bond motifs is 1. The maximum atomic E-state index is 12.6. The van der Waals surface area contributed by atoms with E-state index in [0.717, 1.165) is 32.4 Å². The van der Waals surface area contributed by atoms with Gasteiger partial charge in [0.15, 0.2) is 0 Å². The molecule has 1 fully saturated rings. The van der Waals surface area contributed by atoms with Crippen molar-refractivity contribution in [3.05, 3.63) is 48.4 Å². The molecule has 0 unspecified atom stereocenters. The van der Waals surface area contributed by atoms with Gasteiger partial charge < -0.3 is 9.47 Å². The van der Waals surface area contributed by atoms with Gasteiger partial charge in [-0.3, -0.25) is 4.79 Å². The Labute approximate surface area is 147 Å². The van der Waals surface area contributed by atoms with E-state index >= 15 is 0 Å². The predicted octanol–water partition coefficient (Wildman–Crippen LogP) is 2.57. The quantitative estimate of drug-likeness (QED) is 0.735. The van der Waals surface area contributed by atoms with Crippen molar-refractivity contribution in [2.45, 2.75) is 31.7 Å². The summed E-state index contributed by atoms with van der Waals surface area (Å²) in [6, 6.07) is 8.73. The summed E-state index contributed by atoms with van der Waals surface area (Å²) in [5.41, 5.74) is 2.47. The third kappa shape index (κ3) is 3.16. The number of likely N-dealkylation sites (tertiary alicyclic amines) is 1. The monoisotopic (exact) mass is 337 g/mol. The van der Waals surface area contributed by atoms with Crippen molar-refractivity contribution in [2.75, 3.05) is 13.1 Å². The zero-order chi connectivity index (χ0) is 17.2. The van der Waals surface area contributed by atoms with Crippen LogP contribution in [0, 0.1) is 0 Å². The van der Waals surface area contributed by atoms with E-state index in [2.05, 4.69) is 52.4 Å². The first-order chi connectivity index (χ1) is 12.2. The molecule has 0 atom stereocenters. The van der Waals surface area contributed by atoms with Crippen molar-refractivity contribution in [3.8, 4) is 0 Å². The number of rotatable bonds is 4. The number of aryl methyl sites for hydroxylation is 2. The summed E-state index contributed by atoms with van der Waals surface area (Å²) in [6.45, 7) is 1.61. The normalized spacial score (nSPS) is 15.8. The van der Waals surface area contributed by atoms with Crippen LogP contribution in [0.2, 0.25) is 0 Å². The number of hydrogen-bond donors (Lipinski definition) is 0. The Hall–Kier alpha value is -2.63. The van der Waals surface area contributed by atoms with Crippen molar-refractivity contribution in [2.24, 2.45) is 7.05 Å². The van der Waals surface area contributed by atoms with Crippen LogP contribution >= 0.6 is 0 Å². The number of benzene rings is 1. The van der Waals surface area contributed by atoms with Gasteiger partial charge in [0.05, 0.1) is 12.2 Å². The molecule has 0 N–H and O–H groups in total. The van der Waals surface area contributed by atoms with Crippen molar-refractivity contribution in [1.29, 1.82) is 0 Å². The smallest absolute Gasteiger partial charge is 0.222 e. The van der Waals surface area contributed by atoms with Crippen LogP contribution in [0.4, 0.5) is 0 Å². The van der Waals surface area contributed by atoms with Crippen LogP contribution in [0.15, 0.2) is 42.9 Å². The van der Waals surface area contributed by atoms with Crippen molar-refractivity contribution in [1.82, 2.24) is 24.5 Å². The molecule has 0 aliphatic carbocycles. The summed E-state index contributed by atoms with van der Waals surface area (Å²) >= 11 is 0. The van der Waals surface area contributed by atoms with Gasteiger partial charge in [0, 0.05) is 49.9 Å². The SMILES string of the molecule is Cn1cc(CCC(=O)N2CCC(n3ccnn3)CC2)c2ccccc21. The van der Waals surface area contributed by atoms with Gasteiger partial charge in [-0.1, -0.05) is 23.4 Å². The standard InChI is InChI=1S/C19H23N5O/c1-22-14-15(17-4-2-3-5-18(17)22)6-7-19(25)23-11-8-16(9-12-23)24-13-10-20-21-24/h2-5,10,13-14,16H,6-9,11-12H2,1H3. The molecule has 3 heterocycles. The van der Waals surface area contributed by atoms with Gasteiger partial charge in [-0.25, -0.2) is 4.68 Å². The van der Waals surface area contributed by atoms with Gasteiger partial charge in [0.25, 0.3) is 0 Å². The topological polar surface area (TPSA) is 56.0 Å². The molecule has 1 aliphatic heterocycles. The van der Waals surface area contributed by atoms with Gasteiger partial charge >= 0.3 is 0 Å². The minimum absolute atomic E-state index is 0.255. The molecule has 4 rings (SSSR count). The van der Waals surface area contributed by atoms with Crippen LogP contribution in [0.25, 0.3) is 10.9 Å². The Morgan fingerprint density at radius 1 is 1.24 bits per heavy atom. The number of carbonyl (C=O) groups excluding carboxylic acids is 1. The average Bonchev–Trinajstić information content (AvgIpc) is 3.29. The van der Waals surface area contributed by atoms with E-state index in [9.17, 15) is 4.79 Å². The van der Waals surface area contributed by atoms with Crippen LogP contribution in [0.5, 0.6) is 0 Å². The number of para-hydroxylation sites is 1. The number of carbonyl (C=O) groups is 1. The second-order valence-corrected chi connectivity index (χ2v) is 6.78. The summed E-state index contributed by atoms with van der Waals surface area (Å²) in [4.78, 5) is 14.6. The molecule has 1 aliphatic rings. The van der Waals surface area contributed by atoms with Crippen LogP contribution < -0.4 is 0 Å². The zero-order valence-corrected chi connectivity index (χ0v) is 14.5. The molecule has 0 saturated carbocycles. The maximum Gasteiger partial charge on any atom is 0.222 e. The molecule has 0 radical (unpaired) electrons. The van der Waals surface area contributed by atoms with E-state index in [4.69, 9.17) is 0 Å². The number of nitrogens with zero attached hydrogens (tertiary/aromatic N) is 5. The Morgan fingerprint density at radius 3 is 2.80 bits per heavy atom. The predicted molar refractivity (Wildman–Crippen MR) is 96.1 cm³/mol. The summed E-state index contributed by atoms with van der Waals surface area (Å²) in [7, 11) is 2.06. The van der Waals surface area contributed by atoms with E-state index in [1.807, 2.05) is 15.8 Å². The Kier molecular flexibility index (Phi) is 4.26. The lowest BCUT2D eigenvalue weighted by Crippen LogP contribution is -2.39. The van der Waals surface area contributed by atoms with Crippen molar-refractivity contribution < 1.29 is 4.79 Å². The van der Waals surface area contributed by atoms with E-state index in [1.165, 1.54) is 16.5 Å². The van der Waals surface area contributed by atoms with Gasteiger partial charge in [-0.2, -0.15) is 0 Å². The molecule has 1 aromatic carbocycles. The minimum Gasteiger partial charge on any atom is -0.350 e. The molecular formula is C19H23N5O.